The zero-order valence-electron chi connectivity index (χ0n) is 9.62. The third-order valence-corrected chi connectivity index (χ3v) is 3.50. The first kappa shape index (κ1) is 10.3. The lowest BCUT2D eigenvalue weighted by atomic mass is 10.0. The maximum absolute atomic E-state index is 8.98. The Bertz CT molecular complexity index is 411. The van der Waals surface area contributed by atoms with Crippen LogP contribution in [0.1, 0.15) is 29.3 Å². The summed E-state index contributed by atoms with van der Waals surface area (Å²) in [6.07, 6.45) is 1.21. The van der Waals surface area contributed by atoms with Gasteiger partial charge in [-0.25, -0.2) is 0 Å². The van der Waals surface area contributed by atoms with E-state index < -0.39 is 0 Å². The molecule has 1 aliphatic heterocycles. The van der Waals surface area contributed by atoms with Crippen molar-refractivity contribution in [3.8, 4) is 6.07 Å². The van der Waals surface area contributed by atoms with E-state index in [1.165, 1.54) is 12.1 Å². The molecule has 0 radical (unpaired) electrons. The maximum atomic E-state index is 8.98. The van der Waals surface area contributed by atoms with Crippen molar-refractivity contribution in [2.45, 2.75) is 19.3 Å². The van der Waals surface area contributed by atoms with E-state index in [0.29, 0.717) is 5.92 Å². The van der Waals surface area contributed by atoms with E-state index in [9.17, 15) is 0 Å². The summed E-state index contributed by atoms with van der Waals surface area (Å²) in [6, 6.07) is 4.31. The maximum Gasteiger partial charge on any atom is 0.101 e. The largest absolute Gasteiger partial charge is 0.350 e. The number of likely N-dealkylation sites (tertiary alicyclic amines) is 1. The second-order valence-corrected chi connectivity index (χ2v) is 4.49. The molecule has 1 aromatic heterocycles. The van der Waals surface area contributed by atoms with Crippen LogP contribution in [0.5, 0.6) is 0 Å². The molecule has 1 aromatic rings. The zero-order valence-corrected chi connectivity index (χ0v) is 9.62. The fourth-order valence-electron chi connectivity index (χ4n) is 2.40. The minimum absolute atomic E-state index is 0.598. The standard InChI is InChI=1S/C12H17N3/c1-9-11(7-13)6-12(15(9)3)10-4-5-14(2)8-10/h6,10H,4-5,8H2,1-3H3. The van der Waals surface area contributed by atoms with Crippen molar-refractivity contribution < 1.29 is 0 Å². The third kappa shape index (κ3) is 1.66. The molecule has 2 rings (SSSR count). The van der Waals surface area contributed by atoms with Gasteiger partial charge in [-0.05, 0) is 33.0 Å². The summed E-state index contributed by atoms with van der Waals surface area (Å²) < 4.78 is 2.17. The van der Waals surface area contributed by atoms with Gasteiger partial charge in [0.1, 0.15) is 6.07 Å². The van der Waals surface area contributed by atoms with Crippen LogP contribution in [0.25, 0.3) is 0 Å². The SMILES string of the molecule is Cc1c(C#N)cc(C2CCN(C)C2)n1C. The Balaban J connectivity index is 2.33. The second-order valence-electron chi connectivity index (χ2n) is 4.49. The van der Waals surface area contributed by atoms with Crippen molar-refractivity contribution >= 4 is 0 Å². The van der Waals surface area contributed by atoms with Crippen LogP contribution in [0.2, 0.25) is 0 Å². The van der Waals surface area contributed by atoms with Crippen LogP contribution in [0.4, 0.5) is 0 Å². The molecule has 1 unspecified atom stereocenters. The molecule has 0 spiro atoms. The number of hydrogen-bond acceptors (Lipinski definition) is 2. The fourth-order valence-corrected chi connectivity index (χ4v) is 2.40. The summed E-state index contributed by atoms with van der Waals surface area (Å²) >= 11 is 0. The molecular formula is C12H17N3. The van der Waals surface area contributed by atoms with Crippen LogP contribution >= 0.6 is 0 Å². The summed E-state index contributed by atoms with van der Waals surface area (Å²) in [5.41, 5.74) is 3.22. The minimum Gasteiger partial charge on any atom is -0.350 e. The van der Waals surface area contributed by atoms with Gasteiger partial charge in [0.05, 0.1) is 5.56 Å². The van der Waals surface area contributed by atoms with E-state index in [-0.39, 0.29) is 0 Å². The summed E-state index contributed by atoms with van der Waals surface area (Å²) in [5.74, 6) is 0.598. The summed E-state index contributed by atoms with van der Waals surface area (Å²) in [6.45, 7) is 4.29. The molecular weight excluding hydrogens is 186 g/mol. The highest BCUT2D eigenvalue weighted by Crippen LogP contribution is 2.28. The lowest BCUT2D eigenvalue weighted by Crippen LogP contribution is -2.14. The van der Waals surface area contributed by atoms with Gasteiger partial charge in [0.15, 0.2) is 0 Å². The van der Waals surface area contributed by atoms with Gasteiger partial charge in [-0.3, -0.25) is 0 Å². The molecule has 0 saturated carbocycles. The van der Waals surface area contributed by atoms with Crippen molar-refractivity contribution in [2.24, 2.45) is 7.05 Å². The smallest absolute Gasteiger partial charge is 0.101 e. The van der Waals surface area contributed by atoms with E-state index in [4.69, 9.17) is 5.26 Å². The average molecular weight is 203 g/mol. The van der Waals surface area contributed by atoms with Crippen molar-refractivity contribution in [1.29, 1.82) is 5.26 Å². The first-order valence-electron chi connectivity index (χ1n) is 5.38. The highest BCUT2D eigenvalue weighted by Gasteiger charge is 2.24. The molecule has 0 aromatic carbocycles. The number of nitrogens with zero attached hydrogens (tertiary/aromatic N) is 3. The average Bonchev–Trinajstić information content (AvgIpc) is 2.74. The Kier molecular flexibility index (Phi) is 2.54. The predicted octanol–water partition coefficient (Wildman–Crippen LogP) is 1.62. The van der Waals surface area contributed by atoms with E-state index in [1.54, 1.807) is 0 Å². The Labute approximate surface area is 90.9 Å². The van der Waals surface area contributed by atoms with E-state index in [2.05, 4.69) is 35.7 Å². The van der Waals surface area contributed by atoms with Gasteiger partial charge >= 0.3 is 0 Å². The molecule has 1 aliphatic rings. The second kappa shape index (κ2) is 3.71. The number of rotatable bonds is 1. The van der Waals surface area contributed by atoms with Crippen LogP contribution < -0.4 is 0 Å². The highest BCUT2D eigenvalue weighted by atomic mass is 15.1. The van der Waals surface area contributed by atoms with Crippen LogP contribution in [-0.4, -0.2) is 29.6 Å². The Morgan fingerprint density at radius 1 is 1.47 bits per heavy atom. The first-order valence-corrected chi connectivity index (χ1v) is 5.38. The molecule has 80 valence electrons. The van der Waals surface area contributed by atoms with Crippen LogP contribution in [0, 0.1) is 18.3 Å². The molecule has 3 heteroatoms. The quantitative estimate of drug-likeness (QED) is 0.694. The van der Waals surface area contributed by atoms with Gasteiger partial charge in [-0.2, -0.15) is 5.26 Å². The summed E-state index contributed by atoms with van der Waals surface area (Å²) in [7, 11) is 4.21. The topological polar surface area (TPSA) is 32.0 Å². The lowest BCUT2D eigenvalue weighted by Gasteiger charge is -2.12. The minimum atomic E-state index is 0.598. The summed E-state index contributed by atoms with van der Waals surface area (Å²) in [5, 5.41) is 8.98. The van der Waals surface area contributed by atoms with Crippen molar-refractivity contribution in [2.75, 3.05) is 20.1 Å². The Morgan fingerprint density at radius 2 is 2.20 bits per heavy atom. The third-order valence-electron chi connectivity index (χ3n) is 3.50. The molecule has 1 fully saturated rings. The van der Waals surface area contributed by atoms with Gasteiger partial charge in [0, 0.05) is 30.9 Å². The Morgan fingerprint density at radius 3 is 2.67 bits per heavy atom. The van der Waals surface area contributed by atoms with Gasteiger partial charge in [0.2, 0.25) is 0 Å². The van der Waals surface area contributed by atoms with Crippen LogP contribution in [-0.2, 0) is 7.05 Å². The molecule has 0 aliphatic carbocycles. The number of hydrogen-bond donors (Lipinski definition) is 0. The Hall–Kier alpha value is -1.27. The predicted molar refractivity (Wildman–Crippen MR) is 59.7 cm³/mol. The molecule has 15 heavy (non-hydrogen) atoms. The molecule has 3 nitrogen and oxygen atoms in total. The van der Waals surface area contributed by atoms with Crippen molar-refractivity contribution in [1.82, 2.24) is 9.47 Å². The molecule has 0 bridgehead atoms. The fraction of sp³-hybridized carbons (Fsp3) is 0.583. The van der Waals surface area contributed by atoms with Gasteiger partial charge < -0.3 is 9.47 Å². The molecule has 1 saturated heterocycles. The molecule has 1 atom stereocenters. The van der Waals surface area contributed by atoms with Crippen LogP contribution in [0.15, 0.2) is 6.07 Å². The first-order chi connectivity index (χ1) is 7.13. The summed E-state index contributed by atoms with van der Waals surface area (Å²) in [4.78, 5) is 2.35. The molecule has 0 amide bonds. The van der Waals surface area contributed by atoms with E-state index in [1.807, 2.05) is 6.92 Å². The molecule has 0 N–H and O–H groups in total. The normalized spacial score (nSPS) is 21.9. The molecule has 2 heterocycles. The van der Waals surface area contributed by atoms with Gasteiger partial charge in [-0.1, -0.05) is 0 Å². The van der Waals surface area contributed by atoms with Crippen LogP contribution in [0.3, 0.4) is 0 Å². The van der Waals surface area contributed by atoms with E-state index in [0.717, 1.165) is 24.3 Å². The van der Waals surface area contributed by atoms with E-state index >= 15 is 0 Å². The number of likely N-dealkylation sites (N-methyl/N-ethyl adjacent to an activating group) is 1. The van der Waals surface area contributed by atoms with Gasteiger partial charge in [0.25, 0.3) is 0 Å². The van der Waals surface area contributed by atoms with Gasteiger partial charge in [-0.15, -0.1) is 0 Å². The van der Waals surface area contributed by atoms with Crippen molar-refractivity contribution in [3.63, 3.8) is 0 Å². The van der Waals surface area contributed by atoms with Crippen molar-refractivity contribution in [3.05, 3.63) is 23.0 Å². The zero-order chi connectivity index (χ0) is 11.0. The lowest BCUT2D eigenvalue weighted by molar-refractivity contribution is 0.409. The number of aromatic nitrogens is 1. The number of nitriles is 1. The highest BCUT2D eigenvalue weighted by molar-refractivity contribution is 5.38. The monoisotopic (exact) mass is 203 g/mol.